The molecule has 0 amide bonds. The second-order valence-electron chi connectivity index (χ2n) is 5.89. The summed E-state index contributed by atoms with van der Waals surface area (Å²) in [5.74, 6) is -0.835. The lowest BCUT2D eigenvalue weighted by atomic mass is 9.92. The van der Waals surface area contributed by atoms with Gasteiger partial charge in [-0.05, 0) is 0 Å². The second kappa shape index (κ2) is 6.46. The monoisotopic (exact) mass is 301 g/mol. The van der Waals surface area contributed by atoms with Crippen LogP contribution in [0.25, 0.3) is 0 Å². The molecule has 0 aliphatic rings. The number of carboxylic acid groups (broad SMARTS) is 1. The van der Waals surface area contributed by atoms with Gasteiger partial charge in [0.1, 0.15) is 5.82 Å². The number of carboxylic acids is 1. The Kier molecular flexibility index (Phi) is 4.65. The SMILES string of the molecule is CC(C)(C)c1cc(NCCc2cnccn2)nc(C(=O)O)n1. The highest BCUT2D eigenvalue weighted by Gasteiger charge is 2.20. The van der Waals surface area contributed by atoms with E-state index in [0.29, 0.717) is 24.5 Å². The largest absolute Gasteiger partial charge is 0.475 e. The minimum absolute atomic E-state index is 0.200. The summed E-state index contributed by atoms with van der Waals surface area (Å²) in [6.45, 7) is 6.51. The van der Waals surface area contributed by atoms with Crippen LogP contribution in [0.3, 0.4) is 0 Å². The van der Waals surface area contributed by atoms with Crippen molar-refractivity contribution in [1.82, 2.24) is 19.9 Å². The molecule has 0 saturated heterocycles. The van der Waals surface area contributed by atoms with Gasteiger partial charge in [0, 0.05) is 43.0 Å². The molecular weight excluding hydrogens is 282 g/mol. The van der Waals surface area contributed by atoms with Crippen LogP contribution in [0.1, 0.15) is 42.8 Å². The average molecular weight is 301 g/mol. The van der Waals surface area contributed by atoms with Crippen LogP contribution in [-0.4, -0.2) is 37.6 Å². The van der Waals surface area contributed by atoms with Crippen LogP contribution >= 0.6 is 0 Å². The molecule has 116 valence electrons. The van der Waals surface area contributed by atoms with Crippen molar-refractivity contribution in [3.63, 3.8) is 0 Å². The van der Waals surface area contributed by atoms with E-state index in [9.17, 15) is 4.79 Å². The number of hydrogen-bond donors (Lipinski definition) is 2. The van der Waals surface area contributed by atoms with E-state index in [1.165, 1.54) is 0 Å². The van der Waals surface area contributed by atoms with Crippen molar-refractivity contribution in [3.05, 3.63) is 41.9 Å². The minimum atomic E-state index is -1.14. The lowest BCUT2D eigenvalue weighted by Gasteiger charge is -2.19. The highest BCUT2D eigenvalue weighted by atomic mass is 16.4. The van der Waals surface area contributed by atoms with Crippen molar-refractivity contribution < 1.29 is 9.90 Å². The van der Waals surface area contributed by atoms with Gasteiger partial charge in [0.25, 0.3) is 0 Å². The van der Waals surface area contributed by atoms with Gasteiger partial charge in [-0.15, -0.1) is 0 Å². The van der Waals surface area contributed by atoms with Gasteiger partial charge in [-0.2, -0.15) is 0 Å². The summed E-state index contributed by atoms with van der Waals surface area (Å²) in [6, 6.07) is 1.78. The van der Waals surface area contributed by atoms with Gasteiger partial charge < -0.3 is 10.4 Å². The van der Waals surface area contributed by atoms with Crippen molar-refractivity contribution in [1.29, 1.82) is 0 Å². The number of aromatic carboxylic acids is 1. The Morgan fingerprint density at radius 1 is 1.27 bits per heavy atom. The van der Waals surface area contributed by atoms with Crippen LogP contribution < -0.4 is 5.32 Å². The number of nitrogens with zero attached hydrogens (tertiary/aromatic N) is 4. The molecule has 0 aliphatic carbocycles. The first kappa shape index (κ1) is 15.8. The molecule has 0 fully saturated rings. The molecule has 2 aromatic rings. The first-order chi connectivity index (χ1) is 10.4. The van der Waals surface area contributed by atoms with Crippen LogP contribution in [0.2, 0.25) is 0 Å². The topological polar surface area (TPSA) is 101 Å². The molecule has 0 radical (unpaired) electrons. The number of carbonyl (C=O) groups is 1. The van der Waals surface area contributed by atoms with Crippen LogP contribution in [-0.2, 0) is 11.8 Å². The first-order valence-corrected chi connectivity index (χ1v) is 6.98. The molecule has 0 unspecified atom stereocenters. The molecule has 0 spiro atoms. The third kappa shape index (κ3) is 4.21. The zero-order valence-corrected chi connectivity index (χ0v) is 12.9. The van der Waals surface area contributed by atoms with Crippen molar-refractivity contribution in [2.75, 3.05) is 11.9 Å². The smallest absolute Gasteiger partial charge is 0.374 e. The van der Waals surface area contributed by atoms with Gasteiger partial charge in [0.2, 0.25) is 5.82 Å². The van der Waals surface area contributed by atoms with Crippen molar-refractivity contribution >= 4 is 11.8 Å². The lowest BCUT2D eigenvalue weighted by molar-refractivity contribution is 0.0683. The summed E-state index contributed by atoms with van der Waals surface area (Å²) in [4.78, 5) is 27.5. The quantitative estimate of drug-likeness (QED) is 0.870. The van der Waals surface area contributed by atoms with Crippen LogP contribution in [0.5, 0.6) is 0 Å². The normalized spacial score (nSPS) is 11.2. The van der Waals surface area contributed by atoms with Crippen molar-refractivity contribution in [2.24, 2.45) is 0 Å². The van der Waals surface area contributed by atoms with Gasteiger partial charge in [-0.3, -0.25) is 9.97 Å². The molecule has 0 atom stereocenters. The molecule has 0 bridgehead atoms. The molecule has 0 aromatic carbocycles. The zero-order valence-electron chi connectivity index (χ0n) is 12.9. The third-order valence-corrected chi connectivity index (χ3v) is 2.99. The molecule has 0 saturated carbocycles. The summed E-state index contributed by atoms with van der Waals surface area (Å²) in [7, 11) is 0. The maximum atomic E-state index is 11.2. The summed E-state index contributed by atoms with van der Waals surface area (Å²) in [5.41, 5.74) is 1.29. The van der Waals surface area contributed by atoms with E-state index in [1.807, 2.05) is 20.8 Å². The van der Waals surface area contributed by atoms with Gasteiger partial charge >= 0.3 is 5.97 Å². The summed E-state index contributed by atoms with van der Waals surface area (Å²) in [6.07, 6.45) is 5.63. The van der Waals surface area contributed by atoms with E-state index in [-0.39, 0.29) is 11.2 Å². The number of hydrogen-bond acceptors (Lipinski definition) is 6. The summed E-state index contributed by atoms with van der Waals surface area (Å²) >= 11 is 0. The van der Waals surface area contributed by atoms with E-state index in [0.717, 1.165) is 5.69 Å². The predicted octanol–water partition coefficient (Wildman–Crippen LogP) is 1.92. The Morgan fingerprint density at radius 2 is 2.05 bits per heavy atom. The van der Waals surface area contributed by atoms with Gasteiger partial charge in [-0.25, -0.2) is 14.8 Å². The maximum Gasteiger partial charge on any atom is 0.374 e. The fraction of sp³-hybridized carbons (Fsp3) is 0.400. The molecular formula is C15H19N5O2. The molecule has 7 nitrogen and oxygen atoms in total. The van der Waals surface area contributed by atoms with Crippen LogP contribution in [0, 0.1) is 0 Å². The molecule has 2 rings (SSSR count). The fourth-order valence-electron chi connectivity index (χ4n) is 1.80. The first-order valence-electron chi connectivity index (χ1n) is 6.98. The summed E-state index contributed by atoms with van der Waals surface area (Å²) in [5, 5.41) is 12.3. The molecule has 0 aliphatic heterocycles. The standard InChI is InChI=1S/C15H19N5O2/c1-15(2,3)11-8-12(20-13(19-11)14(21)22)18-5-4-10-9-16-6-7-17-10/h6-9H,4-5H2,1-3H3,(H,21,22)(H,18,19,20). The molecule has 2 heterocycles. The molecule has 2 N–H and O–H groups in total. The van der Waals surface area contributed by atoms with E-state index in [4.69, 9.17) is 5.11 Å². The highest BCUT2D eigenvalue weighted by molar-refractivity contribution is 5.83. The van der Waals surface area contributed by atoms with Gasteiger partial charge in [0.15, 0.2) is 0 Å². The average Bonchev–Trinajstić information content (AvgIpc) is 2.47. The Bertz CT molecular complexity index is 653. The number of aromatic nitrogens is 4. The molecule has 22 heavy (non-hydrogen) atoms. The number of nitrogens with one attached hydrogen (secondary N) is 1. The Hall–Kier alpha value is -2.57. The van der Waals surface area contributed by atoms with E-state index in [1.54, 1.807) is 24.7 Å². The Balaban J connectivity index is 2.12. The van der Waals surface area contributed by atoms with Gasteiger partial charge in [0.05, 0.1) is 11.4 Å². The van der Waals surface area contributed by atoms with Crippen LogP contribution in [0.4, 0.5) is 5.82 Å². The van der Waals surface area contributed by atoms with E-state index in [2.05, 4.69) is 25.3 Å². The number of anilines is 1. The van der Waals surface area contributed by atoms with E-state index < -0.39 is 5.97 Å². The zero-order chi connectivity index (χ0) is 16.2. The number of rotatable bonds is 5. The Labute approximate surface area is 128 Å². The minimum Gasteiger partial charge on any atom is -0.475 e. The highest BCUT2D eigenvalue weighted by Crippen LogP contribution is 2.22. The van der Waals surface area contributed by atoms with Crippen molar-refractivity contribution in [3.8, 4) is 0 Å². The van der Waals surface area contributed by atoms with Crippen molar-refractivity contribution in [2.45, 2.75) is 32.6 Å². The maximum absolute atomic E-state index is 11.2. The predicted molar refractivity (Wildman–Crippen MR) is 81.9 cm³/mol. The molecule has 7 heteroatoms. The lowest BCUT2D eigenvalue weighted by Crippen LogP contribution is -2.19. The van der Waals surface area contributed by atoms with Crippen LogP contribution in [0.15, 0.2) is 24.7 Å². The Morgan fingerprint density at radius 3 is 2.64 bits per heavy atom. The second-order valence-corrected chi connectivity index (χ2v) is 5.89. The van der Waals surface area contributed by atoms with E-state index >= 15 is 0 Å². The van der Waals surface area contributed by atoms with Gasteiger partial charge in [-0.1, -0.05) is 20.8 Å². The third-order valence-electron chi connectivity index (χ3n) is 2.99. The molecule has 2 aromatic heterocycles. The summed E-state index contributed by atoms with van der Waals surface area (Å²) < 4.78 is 0. The fourth-order valence-corrected chi connectivity index (χ4v) is 1.80.